The molecule has 4 saturated carbocycles. The van der Waals surface area contributed by atoms with Crippen molar-refractivity contribution in [1.29, 1.82) is 0 Å². The van der Waals surface area contributed by atoms with Gasteiger partial charge in [-0.15, -0.1) is 0 Å². The zero-order valence-corrected chi connectivity index (χ0v) is 73.2. The Bertz CT molecular complexity index is 4360. The topological polar surface area (TPSA) is 192 Å². The molecule has 0 spiro atoms. The molecule has 0 unspecified atom stereocenters. The summed E-state index contributed by atoms with van der Waals surface area (Å²) in [6.45, 7) is 10.2. The fourth-order valence-corrected chi connectivity index (χ4v) is 16.9. The smallest absolute Gasteiger partial charge is 0.336 e. The first kappa shape index (κ1) is 90.2. The molecule has 0 N–H and O–H groups in total. The first-order valence-corrected chi connectivity index (χ1v) is 46.1. The molecule has 8 aromatic carbocycles. The number of nitrogens with zero attached hydrogens (tertiary/aromatic N) is 4. The second kappa shape index (κ2) is 47.9. The Morgan fingerprint density at radius 1 is 0.266 bits per heavy atom. The average molecular weight is 1670 g/mol. The van der Waals surface area contributed by atoms with Crippen molar-refractivity contribution in [3.8, 4) is 46.0 Å². The number of carbonyl (C=O) groups is 4. The van der Waals surface area contributed by atoms with E-state index in [2.05, 4.69) is 27.7 Å². The van der Waals surface area contributed by atoms with Gasteiger partial charge in [0.15, 0.2) is 0 Å². The number of hydrogen-bond acceptors (Lipinski definition) is 16. The van der Waals surface area contributed by atoms with Gasteiger partial charge in [-0.3, -0.25) is 20.0 Å². The number of aliphatic imine (C=N–C) groups is 4. The minimum absolute atomic E-state index is 0.212. The van der Waals surface area contributed by atoms with E-state index in [1.807, 2.05) is 146 Å². The summed E-state index contributed by atoms with van der Waals surface area (Å²) in [5.41, 5.74) is 12.8. The van der Waals surface area contributed by atoms with E-state index in [0.29, 0.717) is 119 Å². The lowest BCUT2D eigenvalue weighted by Crippen LogP contribution is -2.10. The number of fused-ring (bicyclic) bond motifs is 8. The number of esters is 4. The summed E-state index contributed by atoms with van der Waals surface area (Å²) in [6.07, 6.45) is 51.6. The van der Waals surface area contributed by atoms with Crippen molar-refractivity contribution in [3.05, 3.63) is 259 Å². The summed E-state index contributed by atoms with van der Waals surface area (Å²) in [6, 6.07) is 47.4. The van der Waals surface area contributed by atoms with Gasteiger partial charge in [-0.2, -0.15) is 0 Å². The highest BCUT2D eigenvalue weighted by molar-refractivity contribution is 5.93. The van der Waals surface area contributed by atoms with E-state index in [1.54, 1.807) is 48.5 Å². The summed E-state index contributed by atoms with van der Waals surface area (Å²) in [4.78, 5) is 78.4. The maximum Gasteiger partial charge on any atom is 0.336 e. The minimum atomic E-state index is -0.594. The van der Waals surface area contributed by atoms with Crippen molar-refractivity contribution in [2.45, 2.75) is 257 Å². The van der Waals surface area contributed by atoms with Crippen LogP contribution in [0.2, 0.25) is 0 Å². The van der Waals surface area contributed by atoms with Crippen molar-refractivity contribution >= 4 is 73.0 Å². The Kier molecular flexibility index (Phi) is 34.9. The second-order valence-electron chi connectivity index (χ2n) is 33.7. The Labute approximate surface area is 734 Å². The Hall–Kier alpha value is -11.5. The monoisotopic (exact) mass is 1670 g/mol. The van der Waals surface area contributed by atoms with Crippen LogP contribution in [0.25, 0.3) is 24.3 Å². The molecule has 0 aliphatic heterocycles. The molecule has 0 aromatic heterocycles. The molecule has 648 valence electrons. The van der Waals surface area contributed by atoms with E-state index in [4.69, 9.17) is 57.9 Å². The molecule has 124 heavy (non-hydrogen) atoms. The third kappa shape index (κ3) is 28.3. The molecule has 4 fully saturated rings. The maximum absolute atomic E-state index is 14.7. The molecule has 8 aromatic rings. The molecule has 0 radical (unpaired) electrons. The van der Waals surface area contributed by atoms with Crippen molar-refractivity contribution in [2.24, 2.45) is 20.0 Å². The molecule has 16 heteroatoms. The zero-order valence-electron chi connectivity index (χ0n) is 73.2. The molecule has 0 saturated heterocycles. The van der Waals surface area contributed by atoms with Gasteiger partial charge >= 0.3 is 23.9 Å². The molecule has 8 bridgehead atoms. The Balaban J connectivity index is 0.981. The molecular formula is C108H124N4O12. The van der Waals surface area contributed by atoms with E-state index >= 15 is 0 Å². The second-order valence-corrected chi connectivity index (χ2v) is 33.7. The quantitative estimate of drug-likeness (QED) is 0.0119. The number of benzene rings is 8. The van der Waals surface area contributed by atoms with Crippen LogP contribution < -0.4 is 37.9 Å². The molecule has 5 aliphatic rings. The van der Waals surface area contributed by atoms with Crippen LogP contribution in [0.15, 0.2) is 190 Å². The van der Waals surface area contributed by atoms with Crippen molar-refractivity contribution in [1.82, 2.24) is 0 Å². The summed E-state index contributed by atoms with van der Waals surface area (Å²) >= 11 is 0. The predicted molar refractivity (Wildman–Crippen MR) is 501 cm³/mol. The predicted octanol–water partition coefficient (Wildman–Crippen LogP) is 24.6. The van der Waals surface area contributed by atoms with E-state index < -0.39 is 23.9 Å². The fraction of sp³-hybridized carbons (Fsp3) is 0.407. The van der Waals surface area contributed by atoms with Gasteiger partial charge < -0.3 is 37.9 Å². The van der Waals surface area contributed by atoms with Gasteiger partial charge in [-0.1, -0.05) is 130 Å². The third-order valence-electron chi connectivity index (χ3n) is 23.9. The maximum atomic E-state index is 14.7. The zero-order chi connectivity index (χ0) is 85.9. The van der Waals surface area contributed by atoms with Crippen molar-refractivity contribution < 1.29 is 57.1 Å². The lowest BCUT2D eigenvalue weighted by Gasteiger charge is -2.23. The van der Waals surface area contributed by atoms with E-state index in [0.717, 1.165) is 169 Å². The number of ether oxygens (including phenoxy) is 8. The van der Waals surface area contributed by atoms with E-state index in [1.165, 1.54) is 101 Å². The van der Waals surface area contributed by atoms with Crippen molar-refractivity contribution in [2.75, 3.05) is 26.4 Å². The highest BCUT2D eigenvalue weighted by Gasteiger charge is 2.25. The molecule has 0 heterocycles. The molecule has 13 rings (SSSR count). The highest BCUT2D eigenvalue weighted by atomic mass is 16.5. The number of carbonyl (C=O) groups excluding carboxylic acids is 4. The van der Waals surface area contributed by atoms with Crippen LogP contribution in [-0.2, 0) is 44.9 Å². The van der Waals surface area contributed by atoms with Crippen LogP contribution in [0.3, 0.4) is 0 Å². The van der Waals surface area contributed by atoms with Crippen LogP contribution in [0.5, 0.6) is 46.0 Å². The van der Waals surface area contributed by atoms with Gasteiger partial charge in [0.1, 0.15) is 46.0 Å². The SMILES string of the molecule is CCCCOc1cc2c(C=CC(=O)Oc3ccc(C=NC4CCCCC4)cc3)c(c1)Cc1cc(OCCCC)cc(c1C=CC(=O)Oc1ccc(C=NC3CCCCC3)cc1)Cc1cc(OCCCC)cc(c1C=CC(=O)Oc1ccc(C=NC3CCCCC3)cc1)Cc1cc(OCCCC)cc(c1C=CC(=O)Oc1ccc(C=NC3CCCCC3)cc1)C2. The highest BCUT2D eigenvalue weighted by Crippen LogP contribution is 2.40. The van der Waals surface area contributed by atoms with Gasteiger partial charge in [0.25, 0.3) is 0 Å². The molecule has 16 nitrogen and oxygen atoms in total. The molecule has 0 amide bonds. The van der Waals surface area contributed by atoms with Gasteiger partial charge in [-0.25, -0.2) is 19.2 Å². The third-order valence-corrected chi connectivity index (χ3v) is 23.9. The Morgan fingerprint density at radius 2 is 0.452 bits per heavy atom. The average Bonchev–Trinajstić information content (AvgIpc) is 0.772. The molecule has 0 atom stereocenters. The molecular weight excluding hydrogens is 1550 g/mol. The standard InChI is InChI=1S/C108H124N4O12/c1-5-9-57-117-97-65-81-61-83-67-98(118-58-10-6-2)69-85(102(83)50-54-106(114)122-94-43-35-78(36-44-94)74-110-90-27-19-14-20-28-90)63-87-71-100(120-60-12-8-4)72-88(104(87)52-56-108(116)124-96-47-39-80(40-48-96)76-112-92-31-23-16-24-32-92)64-86-70-99(119-59-11-7-3)68-84(103(86)51-55-107(115)123-95-45-37-79(38-46-95)75-111-91-29-21-15-22-30-91)62-82(66-97)101(81)49-53-105(113)121-93-41-33-77(34-42-93)73-109-89-25-17-13-18-26-89/h33-56,65-76,89-92H,5-32,57-64H2,1-4H3. The first-order valence-electron chi connectivity index (χ1n) is 46.1. The van der Waals surface area contributed by atoms with Gasteiger partial charge in [-0.05, 0) is 362 Å². The number of unbranched alkanes of at least 4 members (excludes halogenated alkanes) is 4. The van der Waals surface area contributed by atoms with Crippen LogP contribution in [-0.4, -0.2) is 99.3 Å². The number of hydrogen-bond donors (Lipinski definition) is 0. The lowest BCUT2D eigenvalue weighted by molar-refractivity contribution is -0.129. The summed E-state index contributed by atoms with van der Waals surface area (Å²) < 4.78 is 52.1. The van der Waals surface area contributed by atoms with Crippen LogP contribution >= 0.6 is 0 Å². The first-order chi connectivity index (χ1) is 60.8. The summed E-state index contributed by atoms with van der Waals surface area (Å²) in [5.74, 6) is 1.56. The minimum Gasteiger partial charge on any atom is -0.494 e. The van der Waals surface area contributed by atoms with E-state index in [9.17, 15) is 19.2 Å². The largest absolute Gasteiger partial charge is 0.494 e. The van der Waals surface area contributed by atoms with Crippen LogP contribution in [0.4, 0.5) is 0 Å². The van der Waals surface area contributed by atoms with Gasteiger partial charge in [0.05, 0.1) is 26.4 Å². The van der Waals surface area contributed by atoms with Crippen LogP contribution in [0, 0.1) is 0 Å². The van der Waals surface area contributed by atoms with Crippen molar-refractivity contribution in [3.63, 3.8) is 0 Å². The Morgan fingerprint density at radius 3 is 0.629 bits per heavy atom. The number of rotatable bonds is 36. The normalized spacial score (nSPS) is 15.9. The summed E-state index contributed by atoms with van der Waals surface area (Å²) in [7, 11) is 0. The fourth-order valence-electron chi connectivity index (χ4n) is 16.9. The summed E-state index contributed by atoms with van der Waals surface area (Å²) in [5, 5.41) is 0. The van der Waals surface area contributed by atoms with Crippen LogP contribution in [0.1, 0.15) is 296 Å². The lowest BCUT2D eigenvalue weighted by atomic mass is 9.84. The van der Waals surface area contributed by atoms with E-state index in [-0.39, 0.29) is 25.7 Å². The van der Waals surface area contributed by atoms with Gasteiger partial charge in [0, 0.05) is 73.3 Å². The molecule has 5 aliphatic carbocycles. The van der Waals surface area contributed by atoms with Gasteiger partial charge in [0.2, 0.25) is 0 Å².